The normalized spacial score (nSPS) is 15.2. The van der Waals surface area contributed by atoms with E-state index >= 15 is 0 Å². The molecule has 1 unspecified atom stereocenters. The van der Waals surface area contributed by atoms with Crippen molar-refractivity contribution >= 4 is 53.5 Å². The van der Waals surface area contributed by atoms with E-state index in [-0.39, 0.29) is 16.2 Å². The van der Waals surface area contributed by atoms with Crippen LogP contribution in [0.2, 0.25) is 0 Å². The number of benzene rings is 3. The highest BCUT2D eigenvalue weighted by molar-refractivity contribution is 7.52. The quantitative estimate of drug-likeness (QED) is 0.125. The number of halogens is 2. The number of nitrogens with two attached hydrogens (primary N) is 1. The molecule has 0 spiro atoms. The van der Waals surface area contributed by atoms with Gasteiger partial charge in [-0.15, -0.1) is 11.3 Å². The summed E-state index contributed by atoms with van der Waals surface area (Å²) in [4.78, 5) is 65.4. The first kappa shape index (κ1) is 45.8. The molecule has 4 N–H and O–H groups in total. The number of primary amides is 1. The number of amides is 3. The van der Waals surface area contributed by atoms with Gasteiger partial charge in [0.15, 0.2) is 0 Å². The van der Waals surface area contributed by atoms with Crippen molar-refractivity contribution in [3.63, 3.8) is 0 Å². The van der Waals surface area contributed by atoms with E-state index in [1.54, 1.807) is 4.90 Å². The van der Waals surface area contributed by atoms with Gasteiger partial charge in [-0.2, -0.15) is 8.78 Å². The summed E-state index contributed by atoms with van der Waals surface area (Å²) in [6, 6.07) is 26.8. The predicted molar refractivity (Wildman–Crippen MR) is 209 cm³/mol. The van der Waals surface area contributed by atoms with E-state index < -0.39 is 24.7 Å². The maximum Gasteiger partial charge on any atom is 0.399 e. The summed E-state index contributed by atoms with van der Waals surface area (Å²) in [7, 11) is -3.43. The Morgan fingerprint density at radius 2 is 1.54 bits per heavy atom. The smallest absolute Gasteiger partial charge is 0.365 e. The highest BCUT2D eigenvalue weighted by Crippen LogP contribution is 2.59. The van der Waals surface area contributed by atoms with Gasteiger partial charge in [0.25, 0.3) is 5.91 Å². The molecule has 2 aliphatic rings. The molecule has 0 aliphatic carbocycles. The minimum absolute atomic E-state index is 0.0318. The lowest BCUT2D eigenvalue weighted by atomic mass is 9.99. The van der Waals surface area contributed by atoms with Crippen LogP contribution < -0.4 is 5.73 Å². The molecule has 2 saturated heterocycles. The third kappa shape index (κ3) is 15.6. The number of fused-ring (bicyclic) bond motifs is 1. The molecular weight excluding hydrogens is 737 g/mol. The number of likely N-dealkylation sites (tertiary alicyclic amines) is 2. The number of nitrogens with zero attached hydrogens (tertiary/aromatic N) is 3. The predicted octanol–water partition coefficient (Wildman–Crippen LogP) is 6.70. The topological polar surface area (TPSA) is 162 Å². The van der Waals surface area contributed by atoms with E-state index in [4.69, 9.17) is 15.5 Å². The SMILES string of the molecule is CCN(CCC=O)C(C)=O.CN1CCCC1.NC(=O)c1cc2cc(C(F)(F)P(=O)(O)O)ccc2s1.O=CN1CCC(c2ccccc2)C1.c1ccccc1. The van der Waals surface area contributed by atoms with E-state index in [1.165, 1.54) is 50.6 Å². The molecule has 1 atom stereocenters. The Hall–Kier alpha value is -4.33. The summed E-state index contributed by atoms with van der Waals surface area (Å²) in [5.41, 5.74) is 1.35. The number of rotatable bonds is 9. The molecule has 0 bridgehead atoms. The number of carbonyl (C=O) groups excluding carboxylic acids is 4. The summed E-state index contributed by atoms with van der Waals surface area (Å²) >= 11 is 1.02. The zero-order chi connectivity index (χ0) is 40.1. The number of hydrogen-bond acceptors (Lipinski definition) is 7. The fourth-order valence-electron chi connectivity index (χ4n) is 5.41. The minimum atomic E-state index is -5.60. The van der Waals surface area contributed by atoms with E-state index in [0.717, 1.165) is 55.7 Å². The van der Waals surface area contributed by atoms with Crippen LogP contribution in [0.1, 0.15) is 66.2 Å². The standard InChI is InChI=1S/C11H13NO.C10H8F2NO4PS.C7H13NO2.C6H6.C5H11N/c13-9-12-7-6-11(8-12)10-4-2-1-3-5-10;11-10(12,18(15,16)17)6-1-2-7-5(3-6)4-8(19-7)9(13)14;1-3-8(7(2)10)5-4-6-9;1-2-4-6-5-3-1;1-6-4-2-3-5-6/h1-5,9,11H,6-8H2;1-4H,(H2,13,14)(H2,15,16,17);6H,3-5H2,1-2H3;1-6H;2-5H2,1H3. The van der Waals surface area contributed by atoms with Gasteiger partial charge in [0, 0.05) is 55.7 Å². The van der Waals surface area contributed by atoms with Gasteiger partial charge in [-0.25, -0.2) is 0 Å². The summed E-state index contributed by atoms with van der Waals surface area (Å²) in [6.07, 6.45) is 6.14. The first-order valence-corrected chi connectivity index (χ1v) is 20.0. The average Bonchev–Trinajstić information content (AvgIpc) is 3.95. The monoisotopic (exact) mass is 788 g/mol. The fraction of sp³-hybridized carbons (Fsp3) is 0.385. The first-order chi connectivity index (χ1) is 25.6. The third-order valence-corrected chi connectivity index (χ3v) is 10.6. The lowest BCUT2D eigenvalue weighted by Crippen LogP contribution is -2.29. The van der Waals surface area contributed by atoms with Crippen LogP contribution in [0.25, 0.3) is 10.1 Å². The number of alkyl halides is 2. The molecule has 294 valence electrons. The molecule has 4 aromatic rings. The van der Waals surface area contributed by atoms with Crippen molar-refractivity contribution in [2.45, 2.75) is 51.1 Å². The molecule has 2 aliphatic heterocycles. The van der Waals surface area contributed by atoms with Crippen molar-refractivity contribution in [3.05, 3.63) is 107 Å². The lowest BCUT2D eigenvalue weighted by Gasteiger charge is -2.17. The highest BCUT2D eigenvalue weighted by Gasteiger charge is 2.50. The molecule has 6 rings (SSSR count). The van der Waals surface area contributed by atoms with E-state index in [0.29, 0.717) is 30.1 Å². The Labute approximate surface area is 319 Å². The second-order valence-corrected chi connectivity index (χ2v) is 15.3. The largest absolute Gasteiger partial charge is 0.399 e. The Morgan fingerprint density at radius 1 is 0.963 bits per heavy atom. The van der Waals surface area contributed by atoms with E-state index in [9.17, 15) is 32.5 Å². The second kappa shape index (κ2) is 23.5. The van der Waals surface area contributed by atoms with Gasteiger partial charge in [0.2, 0.25) is 12.3 Å². The van der Waals surface area contributed by atoms with Gasteiger partial charge in [0.1, 0.15) is 6.29 Å². The van der Waals surface area contributed by atoms with Gasteiger partial charge in [-0.05, 0) is 75.5 Å². The molecule has 3 aromatic carbocycles. The van der Waals surface area contributed by atoms with Crippen molar-refractivity contribution in [1.29, 1.82) is 0 Å². The number of carbonyl (C=O) groups is 4. The van der Waals surface area contributed by atoms with Crippen LogP contribution in [-0.2, 0) is 24.6 Å². The Kier molecular flexibility index (Phi) is 19.9. The van der Waals surface area contributed by atoms with Crippen LogP contribution in [0.4, 0.5) is 8.78 Å². The van der Waals surface area contributed by atoms with Crippen molar-refractivity contribution in [2.24, 2.45) is 5.73 Å². The maximum atomic E-state index is 13.5. The van der Waals surface area contributed by atoms with Gasteiger partial charge < -0.3 is 35.0 Å². The third-order valence-electron chi connectivity index (χ3n) is 8.45. The lowest BCUT2D eigenvalue weighted by molar-refractivity contribution is -0.128. The summed E-state index contributed by atoms with van der Waals surface area (Å²) in [6.45, 7) is 9.07. The van der Waals surface area contributed by atoms with Gasteiger partial charge in [-0.1, -0.05) is 72.8 Å². The molecule has 54 heavy (non-hydrogen) atoms. The molecule has 3 amide bonds. The van der Waals surface area contributed by atoms with Crippen molar-refractivity contribution in [1.82, 2.24) is 14.7 Å². The molecule has 0 radical (unpaired) electrons. The van der Waals surface area contributed by atoms with Crippen LogP contribution in [0.5, 0.6) is 0 Å². The van der Waals surface area contributed by atoms with Crippen LogP contribution >= 0.6 is 18.9 Å². The van der Waals surface area contributed by atoms with Crippen LogP contribution in [-0.4, -0.2) is 95.3 Å². The highest BCUT2D eigenvalue weighted by atomic mass is 32.1. The van der Waals surface area contributed by atoms with Gasteiger partial charge >= 0.3 is 13.3 Å². The number of aldehydes is 1. The van der Waals surface area contributed by atoms with Crippen LogP contribution in [0.3, 0.4) is 0 Å². The van der Waals surface area contributed by atoms with Crippen molar-refractivity contribution in [3.8, 4) is 0 Å². The maximum absolute atomic E-state index is 13.5. The summed E-state index contributed by atoms with van der Waals surface area (Å²) < 4.78 is 38.3. The van der Waals surface area contributed by atoms with Gasteiger partial charge in [0.05, 0.1) is 4.88 Å². The Morgan fingerprint density at radius 3 is 1.96 bits per heavy atom. The Bertz CT molecular complexity index is 1740. The molecular formula is C39H51F2N4O7PS. The fourth-order valence-corrected chi connectivity index (χ4v) is 6.78. The second-order valence-electron chi connectivity index (χ2n) is 12.5. The summed E-state index contributed by atoms with van der Waals surface area (Å²) in [5.74, 6) is -0.111. The molecule has 11 nitrogen and oxygen atoms in total. The van der Waals surface area contributed by atoms with E-state index in [2.05, 4.69) is 36.2 Å². The molecule has 1 aromatic heterocycles. The number of thiophene rings is 1. The van der Waals surface area contributed by atoms with Crippen molar-refractivity contribution in [2.75, 3.05) is 46.3 Å². The van der Waals surface area contributed by atoms with Gasteiger partial charge in [-0.3, -0.25) is 18.9 Å². The van der Waals surface area contributed by atoms with Crippen LogP contribution in [0.15, 0.2) is 91.0 Å². The molecule has 0 saturated carbocycles. The first-order valence-electron chi connectivity index (χ1n) is 17.5. The molecule has 15 heteroatoms. The summed E-state index contributed by atoms with van der Waals surface area (Å²) in [5, 5.41) is 0.282. The van der Waals surface area contributed by atoms with Crippen molar-refractivity contribution < 1.29 is 42.3 Å². The minimum Gasteiger partial charge on any atom is -0.365 e. The molecule has 2 fully saturated rings. The number of hydrogen-bond donors (Lipinski definition) is 3. The van der Waals surface area contributed by atoms with E-state index in [1.807, 2.05) is 54.3 Å². The molecule has 3 heterocycles. The zero-order valence-corrected chi connectivity index (χ0v) is 32.6. The van der Waals surface area contributed by atoms with Crippen LogP contribution in [0, 0.1) is 0 Å². The Balaban J connectivity index is 0.000000251. The zero-order valence-electron chi connectivity index (χ0n) is 30.9. The average molecular weight is 789 g/mol.